The lowest BCUT2D eigenvalue weighted by Gasteiger charge is -2.17. The SMILES string of the molecule is C=N.CCN(CC)Sc1ccc(=N)n(Cc2ccc(C(F)(F)F)cc2)c1.CN. The van der Waals surface area contributed by atoms with E-state index in [-0.39, 0.29) is 0 Å². The predicted octanol–water partition coefficient (Wildman–Crippen LogP) is 4.22. The van der Waals surface area contributed by atoms with Crippen LogP contribution in [0.25, 0.3) is 0 Å². The first kappa shape index (κ1) is 25.9. The summed E-state index contributed by atoms with van der Waals surface area (Å²) >= 11 is 1.61. The maximum atomic E-state index is 12.6. The summed E-state index contributed by atoms with van der Waals surface area (Å²) < 4.78 is 41.7. The molecule has 0 unspecified atom stereocenters. The summed E-state index contributed by atoms with van der Waals surface area (Å²) in [5.74, 6) is 0. The van der Waals surface area contributed by atoms with Crippen LogP contribution in [0.5, 0.6) is 0 Å². The van der Waals surface area contributed by atoms with Gasteiger partial charge in [-0.3, -0.25) is 5.41 Å². The molecule has 0 amide bonds. The first-order valence-corrected chi connectivity index (χ1v) is 9.38. The van der Waals surface area contributed by atoms with Crippen LogP contribution in [0.4, 0.5) is 13.2 Å². The van der Waals surface area contributed by atoms with Crippen LogP contribution < -0.4 is 11.2 Å². The number of aromatic nitrogens is 1. The molecule has 0 bridgehead atoms. The summed E-state index contributed by atoms with van der Waals surface area (Å²) in [6.07, 6.45) is -2.46. The van der Waals surface area contributed by atoms with Gasteiger partial charge in [0.1, 0.15) is 5.49 Å². The number of nitrogens with two attached hydrogens (primary N) is 1. The van der Waals surface area contributed by atoms with Crippen LogP contribution in [-0.4, -0.2) is 35.7 Å². The molecule has 1 aromatic carbocycles. The minimum absolute atomic E-state index is 0.318. The van der Waals surface area contributed by atoms with Crippen molar-refractivity contribution in [3.05, 3.63) is 59.2 Å². The Kier molecular flexibility index (Phi) is 12.2. The van der Waals surface area contributed by atoms with Crippen molar-refractivity contribution in [2.45, 2.75) is 31.5 Å². The number of rotatable bonds is 6. The molecule has 1 heterocycles. The molecule has 0 aliphatic carbocycles. The maximum absolute atomic E-state index is 12.6. The number of hydrogen-bond donors (Lipinski definition) is 3. The van der Waals surface area contributed by atoms with E-state index in [2.05, 4.69) is 30.6 Å². The Hall–Kier alpha value is -2.10. The van der Waals surface area contributed by atoms with Gasteiger partial charge in [0.15, 0.2) is 0 Å². The lowest BCUT2D eigenvalue weighted by Crippen LogP contribution is -2.20. The molecule has 0 aliphatic heterocycles. The van der Waals surface area contributed by atoms with Crippen LogP contribution in [0.2, 0.25) is 0 Å². The molecule has 2 rings (SSSR count). The van der Waals surface area contributed by atoms with E-state index in [0.717, 1.165) is 35.7 Å². The summed E-state index contributed by atoms with van der Waals surface area (Å²) in [4.78, 5) is 1.00. The highest BCUT2D eigenvalue weighted by molar-refractivity contribution is 7.97. The fourth-order valence-corrected chi connectivity index (χ4v) is 3.07. The van der Waals surface area contributed by atoms with Gasteiger partial charge in [0.05, 0.1) is 5.56 Å². The Morgan fingerprint density at radius 2 is 1.57 bits per heavy atom. The van der Waals surface area contributed by atoms with Crippen molar-refractivity contribution in [3.63, 3.8) is 0 Å². The minimum atomic E-state index is -4.33. The predicted molar refractivity (Wildman–Crippen MR) is 110 cm³/mol. The molecule has 4 N–H and O–H groups in total. The maximum Gasteiger partial charge on any atom is 0.416 e. The number of benzene rings is 1. The largest absolute Gasteiger partial charge is 0.416 e. The first-order valence-electron chi connectivity index (χ1n) is 8.60. The summed E-state index contributed by atoms with van der Waals surface area (Å²) in [6.45, 7) is 8.83. The third kappa shape index (κ3) is 8.28. The highest BCUT2D eigenvalue weighted by atomic mass is 32.2. The average molecular weight is 416 g/mol. The van der Waals surface area contributed by atoms with Crippen LogP contribution >= 0.6 is 11.9 Å². The Bertz CT molecular complexity index is 740. The third-order valence-corrected chi connectivity index (χ3v) is 4.80. The monoisotopic (exact) mass is 415 g/mol. The van der Waals surface area contributed by atoms with Gasteiger partial charge in [-0.25, -0.2) is 4.31 Å². The van der Waals surface area contributed by atoms with Crippen LogP contribution in [0.3, 0.4) is 0 Å². The number of nitrogens with zero attached hydrogens (tertiary/aromatic N) is 2. The number of hydrogen-bond acceptors (Lipinski definition) is 5. The zero-order valence-electron chi connectivity index (χ0n) is 16.4. The van der Waals surface area contributed by atoms with E-state index < -0.39 is 11.7 Å². The normalized spacial score (nSPS) is 10.6. The van der Waals surface area contributed by atoms with Gasteiger partial charge in [0, 0.05) is 30.7 Å². The van der Waals surface area contributed by atoms with Crippen LogP contribution in [0.1, 0.15) is 25.0 Å². The second-order valence-electron chi connectivity index (χ2n) is 5.28. The molecular formula is C19H28F3N5S. The molecule has 2 aromatic rings. The van der Waals surface area contributed by atoms with Crippen molar-refractivity contribution < 1.29 is 13.2 Å². The van der Waals surface area contributed by atoms with Gasteiger partial charge in [-0.1, -0.05) is 26.0 Å². The number of alkyl halides is 3. The van der Waals surface area contributed by atoms with Gasteiger partial charge >= 0.3 is 6.18 Å². The van der Waals surface area contributed by atoms with Crippen LogP contribution in [0, 0.1) is 10.8 Å². The van der Waals surface area contributed by atoms with Crippen molar-refractivity contribution in [3.8, 4) is 0 Å². The fraction of sp³-hybridized carbons (Fsp3) is 0.368. The number of nitrogens with one attached hydrogen (secondary N) is 2. The highest BCUT2D eigenvalue weighted by Crippen LogP contribution is 2.29. The second-order valence-corrected chi connectivity index (χ2v) is 6.45. The third-order valence-electron chi connectivity index (χ3n) is 3.57. The smallest absolute Gasteiger partial charge is 0.333 e. The fourth-order valence-electron chi connectivity index (χ4n) is 2.21. The summed E-state index contributed by atoms with van der Waals surface area (Å²) in [5.41, 5.74) is 4.89. The average Bonchev–Trinajstić information content (AvgIpc) is 2.71. The summed E-state index contributed by atoms with van der Waals surface area (Å²) in [7, 11) is 1.50. The van der Waals surface area contributed by atoms with Crippen molar-refractivity contribution in [1.82, 2.24) is 8.87 Å². The van der Waals surface area contributed by atoms with Gasteiger partial charge in [-0.2, -0.15) is 13.2 Å². The molecule has 0 fully saturated rings. The molecule has 1 aromatic heterocycles. The van der Waals surface area contributed by atoms with E-state index in [4.69, 9.17) is 10.8 Å². The van der Waals surface area contributed by atoms with E-state index in [1.807, 2.05) is 12.3 Å². The van der Waals surface area contributed by atoms with Crippen molar-refractivity contribution in [2.75, 3.05) is 20.1 Å². The first-order chi connectivity index (χ1) is 13.3. The number of halogens is 3. The molecule has 28 heavy (non-hydrogen) atoms. The van der Waals surface area contributed by atoms with E-state index >= 15 is 0 Å². The van der Waals surface area contributed by atoms with Gasteiger partial charge in [-0.15, -0.1) is 0 Å². The lowest BCUT2D eigenvalue weighted by molar-refractivity contribution is -0.137. The zero-order chi connectivity index (χ0) is 21.7. The molecule has 0 saturated heterocycles. The molecule has 0 aliphatic rings. The van der Waals surface area contributed by atoms with Gasteiger partial charge in [0.25, 0.3) is 0 Å². The van der Waals surface area contributed by atoms with Crippen molar-refractivity contribution >= 4 is 18.7 Å². The summed E-state index contributed by atoms with van der Waals surface area (Å²) in [6, 6.07) is 8.66. The van der Waals surface area contributed by atoms with Gasteiger partial charge in [-0.05, 0) is 55.5 Å². The van der Waals surface area contributed by atoms with E-state index in [1.165, 1.54) is 19.2 Å². The quantitative estimate of drug-likeness (QED) is 0.488. The number of pyridine rings is 1. The Balaban J connectivity index is 0.00000171. The van der Waals surface area contributed by atoms with Crippen LogP contribution in [-0.2, 0) is 12.7 Å². The minimum Gasteiger partial charge on any atom is -0.333 e. The topological polar surface area (TPSA) is 81.9 Å². The molecule has 9 heteroatoms. The molecule has 0 radical (unpaired) electrons. The highest BCUT2D eigenvalue weighted by Gasteiger charge is 2.29. The lowest BCUT2D eigenvalue weighted by atomic mass is 10.1. The van der Waals surface area contributed by atoms with Crippen molar-refractivity contribution in [2.24, 2.45) is 5.73 Å². The Morgan fingerprint density at radius 1 is 1.04 bits per heavy atom. The summed E-state index contributed by atoms with van der Waals surface area (Å²) in [5, 5.41) is 13.5. The zero-order valence-corrected chi connectivity index (χ0v) is 17.2. The van der Waals surface area contributed by atoms with Crippen LogP contribution in [0.15, 0.2) is 47.5 Å². The van der Waals surface area contributed by atoms with Crippen molar-refractivity contribution in [1.29, 1.82) is 10.8 Å². The van der Waals surface area contributed by atoms with E-state index in [1.54, 1.807) is 22.6 Å². The van der Waals surface area contributed by atoms with Gasteiger partial charge < -0.3 is 15.7 Å². The molecular weight excluding hydrogens is 387 g/mol. The van der Waals surface area contributed by atoms with E-state index in [9.17, 15) is 13.2 Å². The molecule has 5 nitrogen and oxygen atoms in total. The molecule has 0 atom stereocenters. The Labute approximate surface area is 168 Å². The van der Waals surface area contributed by atoms with E-state index in [0.29, 0.717) is 12.0 Å². The molecule has 0 spiro atoms. The standard InChI is InChI=1S/C17H20F3N3S.CH5N.CH3N/c1-3-23(4-2)24-15-9-10-16(21)22(12-15)11-13-5-7-14(8-6-13)17(18,19)20;2*1-2/h5-10,12,21H,3-4,11H2,1-2H3;2H2,1H3;2H,1H2. The van der Waals surface area contributed by atoms with Gasteiger partial charge in [0.2, 0.25) is 0 Å². The molecule has 156 valence electrons. The Morgan fingerprint density at radius 3 is 2.04 bits per heavy atom. The second kappa shape index (κ2) is 13.1. The molecule has 0 saturated carbocycles.